The quantitative estimate of drug-likeness (QED) is 0.281. The maximum Gasteiger partial charge on any atom is 0.0361 e. The number of ether oxygens (including phenoxy) is 1. The van der Waals surface area contributed by atoms with E-state index >= 15 is 0 Å². The van der Waals surface area contributed by atoms with Gasteiger partial charge in [0.05, 0.1) is 0 Å². The predicted molar refractivity (Wildman–Crippen MR) is 161 cm³/mol. The third-order valence-corrected chi connectivity index (χ3v) is 6.92. The van der Waals surface area contributed by atoms with E-state index in [4.69, 9.17) is 0 Å². The molecule has 2 bridgehead atoms. The molecule has 3 aliphatic rings. The minimum absolute atomic E-state index is 0.397. The van der Waals surface area contributed by atoms with Gasteiger partial charge in [0.15, 0.2) is 0 Å². The normalized spacial score (nSPS) is 22.9. The molecule has 0 saturated carbocycles. The lowest BCUT2D eigenvalue weighted by atomic mass is 9.70. The lowest BCUT2D eigenvalue weighted by molar-refractivity contribution is 0.00468. The van der Waals surface area contributed by atoms with Gasteiger partial charge in [0.1, 0.15) is 0 Å². The minimum atomic E-state index is 0.397. The standard InChI is InChI=1S/C27H30N2.C2H6O.I2/c1-4-10-21(11-5-1)20-28-26-24-16-18-29(19-17-24)27(26)25(22-12-6-2-7-13-22)23-14-8-3-9-15-23;1-3-2;1-2/h1-15,24-28H,16-20H2;1-2H3;. The number of hydrogen-bond acceptors (Lipinski definition) is 3. The van der Waals surface area contributed by atoms with Gasteiger partial charge >= 0.3 is 0 Å². The van der Waals surface area contributed by atoms with Crippen molar-refractivity contribution in [2.24, 2.45) is 5.92 Å². The third kappa shape index (κ3) is 7.26. The molecule has 34 heavy (non-hydrogen) atoms. The Bertz CT molecular complexity index is 879. The van der Waals surface area contributed by atoms with Crippen LogP contribution in [0.25, 0.3) is 0 Å². The number of nitrogens with zero attached hydrogens (tertiary/aromatic N) is 1. The number of methoxy groups -OCH3 is 1. The van der Waals surface area contributed by atoms with E-state index in [-0.39, 0.29) is 0 Å². The van der Waals surface area contributed by atoms with Gasteiger partial charge in [-0.1, -0.05) is 91.0 Å². The van der Waals surface area contributed by atoms with E-state index in [0.717, 1.165) is 12.5 Å². The summed E-state index contributed by atoms with van der Waals surface area (Å²) in [6.07, 6.45) is 2.64. The van der Waals surface area contributed by atoms with Gasteiger partial charge in [-0.25, -0.2) is 0 Å². The molecule has 3 aromatic rings. The Hall–Kier alpha value is -1.000. The zero-order valence-corrected chi connectivity index (χ0v) is 24.4. The Balaban J connectivity index is 0.000000603. The second-order valence-corrected chi connectivity index (χ2v) is 8.96. The summed E-state index contributed by atoms with van der Waals surface area (Å²) in [5.41, 5.74) is 4.24. The van der Waals surface area contributed by atoms with E-state index in [9.17, 15) is 0 Å². The first-order valence-electron chi connectivity index (χ1n) is 12.0. The van der Waals surface area contributed by atoms with E-state index in [0.29, 0.717) is 18.0 Å². The minimum Gasteiger partial charge on any atom is -0.388 e. The number of halogens is 2. The monoisotopic (exact) mass is 682 g/mol. The molecule has 0 radical (unpaired) electrons. The summed E-state index contributed by atoms with van der Waals surface area (Å²) in [6.45, 7) is 3.41. The molecule has 0 amide bonds. The van der Waals surface area contributed by atoms with Crippen molar-refractivity contribution in [1.82, 2.24) is 10.2 Å². The number of hydrogen-bond donors (Lipinski definition) is 1. The molecule has 3 heterocycles. The van der Waals surface area contributed by atoms with Crippen LogP contribution in [0.15, 0.2) is 91.0 Å². The molecular formula is C29H36I2N2O. The molecule has 3 aliphatic heterocycles. The lowest BCUT2D eigenvalue weighted by Crippen LogP contribution is -2.64. The summed E-state index contributed by atoms with van der Waals surface area (Å²) in [4.78, 5) is 2.76. The van der Waals surface area contributed by atoms with Crippen molar-refractivity contribution in [3.63, 3.8) is 0 Å². The molecule has 5 heteroatoms. The van der Waals surface area contributed by atoms with Gasteiger partial charge < -0.3 is 10.1 Å². The first kappa shape index (κ1) is 27.6. The van der Waals surface area contributed by atoms with Crippen molar-refractivity contribution in [3.8, 4) is 0 Å². The molecule has 3 saturated heterocycles. The van der Waals surface area contributed by atoms with Crippen LogP contribution in [0, 0.1) is 5.92 Å². The first-order valence-corrected chi connectivity index (χ1v) is 18.3. The van der Waals surface area contributed by atoms with Crippen LogP contribution in [0.4, 0.5) is 0 Å². The van der Waals surface area contributed by atoms with Gasteiger partial charge in [-0.05, 0) is 48.5 Å². The highest BCUT2D eigenvalue weighted by Gasteiger charge is 2.46. The van der Waals surface area contributed by atoms with Gasteiger partial charge in [0.2, 0.25) is 0 Å². The number of fused-ring (bicyclic) bond motifs is 3. The summed E-state index contributed by atoms with van der Waals surface area (Å²) in [5, 5.41) is 4.00. The zero-order chi connectivity index (χ0) is 24.2. The summed E-state index contributed by atoms with van der Waals surface area (Å²) in [7, 11) is 3.25. The number of benzene rings is 3. The van der Waals surface area contributed by atoms with E-state index < -0.39 is 0 Å². The van der Waals surface area contributed by atoms with Gasteiger partial charge in [0.25, 0.3) is 0 Å². The van der Waals surface area contributed by atoms with Crippen LogP contribution in [-0.4, -0.2) is 44.3 Å². The fourth-order valence-corrected chi connectivity index (χ4v) is 5.53. The Labute approximate surface area is 229 Å². The zero-order valence-electron chi connectivity index (χ0n) is 20.1. The molecule has 3 fully saturated rings. The average Bonchev–Trinajstić information content (AvgIpc) is 2.92. The first-order chi connectivity index (χ1) is 16.8. The highest BCUT2D eigenvalue weighted by atomic mass is 128. The highest BCUT2D eigenvalue weighted by Crippen LogP contribution is 2.42. The lowest BCUT2D eigenvalue weighted by Gasteiger charge is -2.54. The summed E-state index contributed by atoms with van der Waals surface area (Å²) < 4.78 is 4.25. The van der Waals surface area contributed by atoms with Crippen LogP contribution in [0.5, 0.6) is 0 Å². The van der Waals surface area contributed by atoms with Crippen LogP contribution >= 0.6 is 37.2 Å². The highest BCUT2D eigenvalue weighted by molar-refractivity contribution is 15.0. The fourth-order valence-electron chi connectivity index (χ4n) is 5.53. The van der Waals surface area contributed by atoms with Crippen LogP contribution in [0.3, 0.4) is 0 Å². The fraction of sp³-hybridized carbons (Fsp3) is 0.379. The molecule has 2 unspecified atom stereocenters. The van der Waals surface area contributed by atoms with Crippen LogP contribution in [0.1, 0.15) is 35.4 Å². The second-order valence-electron chi connectivity index (χ2n) is 8.96. The molecular weight excluding hydrogens is 646 g/mol. The summed E-state index contributed by atoms with van der Waals surface area (Å²) >= 11 is 4.24. The largest absolute Gasteiger partial charge is 0.388 e. The van der Waals surface area contributed by atoms with Crippen molar-refractivity contribution < 1.29 is 4.74 Å². The molecule has 2 atom stereocenters. The second kappa shape index (κ2) is 15.2. The molecule has 3 nitrogen and oxygen atoms in total. The van der Waals surface area contributed by atoms with E-state index in [2.05, 4.69) is 143 Å². The Morgan fingerprint density at radius 1 is 0.794 bits per heavy atom. The summed E-state index contributed by atoms with van der Waals surface area (Å²) in [5.74, 6) is 1.16. The molecule has 1 N–H and O–H groups in total. The van der Waals surface area contributed by atoms with Gasteiger partial charge in [-0.15, -0.1) is 0 Å². The predicted octanol–water partition coefficient (Wildman–Crippen LogP) is 7.11. The molecule has 0 spiro atoms. The molecule has 0 aliphatic carbocycles. The number of rotatable bonds is 6. The van der Waals surface area contributed by atoms with Crippen molar-refractivity contribution in [1.29, 1.82) is 0 Å². The maximum absolute atomic E-state index is 4.25. The van der Waals surface area contributed by atoms with E-state index in [1.165, 1.54) is 42.6 Å². The van der Waals surface area contributed by atoms with E-state index in [1.54, 1.807) is 14.2 Å². The van der Waals surface area contributed by atoms with E-state index in [1.807, 2.05) is 0 Å². The molecule has 0 aromatic heterocycles. The van der Waals surface area contributed by atoms with Crippen molar-refractivity contribution >= 4 is 37.2 Å². The van der Waals surface area contributed by atoms with Gasteiger partial charge in [0, 0.05) is 76.0 Å². The number of piperidine rings is 3. The maximum atomic E-state index is 4.25. The molecule has 182 valence electrons. The topological polar surface area (TPSA) is 24.5 Å². The van der Waals surface area contributed by atoms with Crippen molar-refractivity contribution in [3.05, 3.63) is 108 Å². The molecule has 6 rings (SSSR count). The van der Waals surface area contributed by atoms with Crippen LogP contribution in [-0.2, 0) is 11.3 Å². The third-order valence-electron chi connectivity index (χ3n) is 6.92. The SMILES string of the molecule is COC.II.c1ccc(CNC2C3CCN(CC3)C2C(c2ccccc2)c2ccccc2)cc1. The number of nitrogens with one attached hydrogen (secondary N) is 1. The Morgan fingerprint density at radius 3 is 1.71 bits per heavy atom. The van der Waals surface area contributed by atoms with Crippen LogP contribution in [0.2, 0.25) is 0 Å². The van der Waals surface area contributed by atoms with Gasteiger partial charge in [-0.3, -0.25) is 4.90 Å². The Morgan fingerprint density at radius 2 is 1.24 bits per heavy atom. The van der Waals surface area contributed by atoms with Crippen molar-refractivity contribution in [2.75, 3.05) is 27.3 Å². The smallest absolute Gasteiger partial charge is 0.0361 e. The van der Waals surface area contributed by atoms with Gasteiger partial charge in [-0.2, -0.15) is 0 Å². The average molecular weight is 682 g/mol. The Kier molecular flexibility index (Phi) is 12.3. The molecule has 3 aromatic carbocycles. The summed E-state index contributed by atoms with van der Waals surface area (Å²) in [6, 6.07) is 34.1. The van der Waals surface area contributed by atoms with Crippen LogP contribution < -0.4 is 5.32 Å². The van der Waals surface area contributed by atoms with Crippen molar-refractivity contribution in [2.45, 2.75) is 37.4 Å².